The summed E-state index contributed by atoms with van der Waals surface area (Å²) in [6.07, 6.45) is 3.14. The first-order valence-corrected chi connectivity index (χ1v) is 7.70. The van der Waals surface area contributed by atoms with E-state index in [4.69, 9.17) is 4.74 Å². The highest BCUT2D eigenvalue weighted by atomic mass is 16.6. The molecule has 6 heteroatoms. The van der Waals surface area contributed by atoms with E-state index in [9.17, 15) is 14.9 Å². The van der Waals surface area contributed by atoms with Crippen molar-refractivity contribution < 1.29 is 14.5 Å². The molecule has 0 bridgehead atoms. The van der Waals surface area contributed by atoms with Gasteiger partial charge >= 0.3 is 0 Å². The first kappa shape index (κ1) is 15.0. The second-order valence-electron chi connectivity index (χ2n) is 6.13. The molecule has 2 fully saturated rings. The van der Waals surface area contributed by atoms with E-state index < -0.39 is 0 Å². The zero-order valence-corrected chi connectivity index (χ0v) is 12.7. The number of ketones is 1. The second-order valence-corrected chi connectivity index (χ2v) is 6.13. The normalized spacial score (nSPS) is 20.9. The third-order valence-corrected chi connectivity index (χ3v) is 4.35. The van der Waals surface area contributed by atoms with Crippen molar-refractivity contribution in [2.75, 3.05) is 24.7 Å². The molecule has 0 N–H and O–H groups in total. The van der Waals surface area contributed by atoms with Crippen molar-refractivity contribution in [1.29, 1.82) is 0 Å². The van der Waals surface area contributed by atoms with E-state index in [1.807, 2.05) is 0 Å². The van der Waals surface area contributed by atoms with Gasteiger partial charge in [0.15, 0.2) is 5.78 Å². The Kier molecular flexibility index (Phi) is 4.11. The summed E-state index contributed by atoms with van der Waals surface area (Å²) in [6, 6.07) is 5.19. The van der Waals surface area contributed by atoms with Crippen molar-refractivity contribution in [1.82, 2.24) is 0 Å². The minimum Gasteiger partial charge on any atom is -0.381 e. The molecule has 1 saturated heterocycles. The Balaban J connectivity index is 1.92. The van der Waals surface area contributed by atoms with Crippen LogP contribution in [-0.2, 0) is 4.74 Å². The number of nitrogens with zero attached hydrogens (tertiary/aromatic N) is 2. The summed E-state index contributed by atoms with van der Waals surface area (Å²) < 4.78 is 5.42. The van der Waals surface area contributed by atoms with Crippen LogP contribution in [0.3, 0.4) is 0 Å². The van der Waals surface area contributed by atoms with Crippen LogP contribution in [0.15, 0.2) is 18.2 Å². The molecule has 1 aliphatic carbocycles. The molecule has 118 valence electrons. The summed E-state index contributed by atoms with van der Waals surface area (Å²) >= 11 is 0. The van der Waals surface area contributed by atoms with Crippen LogP contribution < -0.4 is 4.90 Å². The fourth-order valence-electron chi connectivity index (χ4n) is 2.97. The Labute approximate surface area is 129 Å². The number of hydrogen-bond acceptors (Lipinski definition) is 5. The van der Waals surface area contributed by atoms with Gasteiger partial charge in [-0.1, -0.05) is 0 Å². The maximum Gasteiger partial charge on any atom is 0.293 e. The van der Waals surface area contributed by atoms with Crippen molar-refractivity contribution >= 4 is 17.2 Å². The molecular weight excluding hydrogens is 284 g/mol. The number of carbonyl (C=O) groups excluding carboxylic acids is 1. The zero-order valence-electron chi connectivity index (χ0n) is 12.7. The van der Waals surface area contributed by atoms with Crippen molar-refractivity contribution in [2.45, 2.75) is 32.2 Å². The fraction of sp³-hybridized carbons (Fsp3) is 0.562. The molecule has 1 aromatic rings. The molecule has 1 atom stereocenters. The summed E-state index contributed by atoms with van der Waals surface area (Å²) in [5.41, 5.74) is 1.04. The van der Waals surface area contributed by atoms with E-state index in [-0.39, 0.29) is 16.4 Å². The van der Waals surface area contributed by atoms with Crippen LogP contribution in [0.4, 0.5) is 11.4 Å². The predicted molar refractivity (Wildman–Crippen MR) is 82.4 cm³/mol. The van der Waals surface area contributed by atoms with Crippen molar-refractivity contribution in [2.24, 2.45) is 5.92 Å². The van der Waals surface area contributed by atoms with Crippen molar-refractivity contribution in [3.63, 3.8) is 0 Å². The molecular formula is C16H20N2O4. The number of nitro benzene ring substituents is 1. The van der Waals surface area contributed by atoms with Crippen molar-refractivity contribution in [3.05, 3.63) is 33.9 Å². The van der Waals surface area contributed by atoms with Gasteiger partial charge in [-0.2, -0.15) is 0 Å². The number of ether oxygens (including phenoxy) is 1. The van der Waals surface area contributed by atoms with E-state index in [2.05, 4.69) is 4.90 Å². The smallest absolute Gasteiger partial charge is 0.293 e. The number of hydrogen-bond donors (Lipinski definition) is 0. The van der Waals surface area contributed by atoms with E-state index in [0.29, 0.717) is 23.2 Å². The van der Waals surface area contributed by atoms with Gasteiger partial charge in [-0.25, -0.2) is 0 Å². The van der Waals surface area contributed by atoms with Gasteiger partial charge in [-0.15, -0.1) is 0 Å². The second kappa shape index (κ2) is 6.04. The Morgan fingerprint density at radius 2 is 2.18 bits per heavy atom. The molecule has 0 unspecified atom stereocenters. The number of anilines is 1. The quantitative estimate of drug-likeness (QED) is 0.459. The van der Waals surface area contributed by atoms with Gasteiger partial charge in [0, 0.05) is 36.7 Å². The molecule has 6 nitrogen and oxygen atoms in total. The van der Waals surface area contributed by atoms with Crippen LogP contribution in [0, 0.1) is 16.0 Å². The van der Waals surface area contributed by atoms with E-state index in [1.165, 1.54) is 13.0 Å². The molecule has 2 aliphatic rings. The fourth-order valence-corrected chi connectivity index (χ4v) is 2.97. The molecule has 1 aliphatic heterocycles. The van der Waals surface area contributed by atoms with E-state index in [1.54, 1.807) is 12.1 Å². The number of rotatable bonds is 6. The molecule has 0 aromatic heterocycles. The third kappa shape index (κ3) is 3.11. The largest absolute Gasteiger partial charge is 0.381 e. The minimum atomic E-state index is -0.387. The van der Waals surface area contributed by atoms with Crippen LogP contribution in [0.5, 0.6) is 0 Å². The van der Waals surface area contributed by atoms with Gasteiger partial charge in [-0.05, 0) is 38.3 Å². The lowest BCUT2D eigenvalue weighted by Gasteiger charge is -2.27. The van der Waals surface area contributed by atoms with Gasteiger partial charge in [0.2, 0.25) is 0 Å². The van der Waals surface area contributed by atoms with Crippen LogP contribution in [0.25, 0.3) is 0 Å². The molecule has 3 rings (SSSR count). The average Bonchev–Trinajstić information content (AvgIpc) is 3.20. The van der Waals surface area contributed by atoms with Crippen LogP contribution in [-0.4, -0.2) is 36.5 Å². The molecule has 0 amide bonds. The summed E-state index contributed by atoms with van der Waals surface area (Å²) in [4.78, 5) is 24.7. The first-order chi connectivity index (χ1) is 10.6. The Hall–Kier alpha value is -1.95. The lowest BCUT2D eigenvalue weighted by Crippen LogP contribution is -2.32. The van der Waals surface area contributed by atoms with Crippen LogP contribution in [0.1, 0.15) is 36.5 Å². The van der Waals surface area contributed by atoms with Gasteiger partial charge < -0.3 is 9.64 Å². The Morgan fingerprint density at radius 1 is 1.41 bits per heavy atom. The highest BCUT2D eigenvalue weighted by molar-refractivity contribution is 5.95. The van der Waals surface area contributed by atoms with Gasteiger partial charge in [0.25, 0.3) is 5.69 Å². The lowest BCUT2D eigenvalue weighted by molar-refractivity contribution is -0.384. The predicted octanol–water partition coefficient (Wildman–Crippen LogP) is 2.80. The van der Waals surface area contributed by atoms with E-state index >= 15 is 0 Å². The van der Waals surface area contributed by atoms with Gasteiger partial charge in [0.05, 0.1) is 11.5 Å². The highest BCUT2D eigenvalue weighted by Crippen LogP contribution is 2.38. The van der Waals surface area contributed by atoms with Crippen LogP contribution >= 0.6 is 0 Å². The maximum absolute atomic E-state index is 11.5. The standard InChI is InChI=1S/C16H20N2O4/c1-11(19)13-2-5-15(16(8-13)18(20)21)17(14-3-4-14)9-12-6-7-22-10-12/h2,5,8,12,14H,3-4,6-7,9-10H2,1H3/t12-/m1/s1. The number of Topliss-reactive ketones (excluding diaryl/α,β-unsaturated/α-hetero) is 1. The Bertz CT molecular complexity index is 592. The summed E-state index contributed by atoms with van der Waals surface area (Å²) in [7, 11) is 0. The highest BCUT2D eigenvalue weighted by Gasteiger charge is 2.35. The van der Waals surface area contributed by atoms with Crippen LogP contribution in [0.2, 0.25) is 0 Å². The first-order valence-electron chi connectivity index (χ1n) is 7.70. The molecule has 22 heavy (non-hydrogen) atoms. The maximum atomic E-state index is 11.5. The third-order valence-electron chi connectivity index (χ3n) is 4.35. The molecule has 1 saturated carbocycles. The Morgan fingerprint density at radius 3 is 2.73 bits per heavy atom. The monoisotopic (exact) mass is 304 g/mol. The molecule has 1 aromatic carbocycles. The molecule has 0 radical (unpaired) electrons. The van der Waals surface area contributed by atoms with Crippen molar-refractivity contribution in [3.8, 4) is 0 Å². The topological polar surface area (TPSA) is 72.7 Å². The minimum absolute atomic E-state index is 0.0264. The average molecular weight is 304 g/mol. The van der Waals surface area contributed by atoms with E-state index in [0.717, 1.165) is 39.0 Å². The SMILES string of the molecule is CC(=O)c1ccc(N(C[C@H]2CCOC2)C2CC2)c([N+](=O)[O-])c1. The summed E-state index contributed by atoms with van der Waals surface area (Å²) in [5.74, 6) is 0.268. The number of benzene rings is 1. The van der Waals surface area contributed by atoms with Gasteiger partial charge in [-0.3, -0.25) is 14.9 Å². The zero-order chi connectivity index (χ0) is 15.7. The number of nitro groups is 1. The molecule has 1 heterocycles. The van der Waals surface area contributed by atoms with Gasteiger partial charge in [0.1, 0.15) is 5.69 Å². The lowest BCUT2D eigenvalue weighted by atomic mass is 10.1. The number of carbonyl (C=O) groups is 1. The summed E-state index contributed by atoms with van der Waals surface area (Å²) in [5, 5.41) is 11.4. The molecule has 0 spiro atoms. The summed E-state index contributed by atoms with van der Waals surface area (Å²) in [6.45, 7) is 3.70.